The van der Waals surface area contributed by atoms with Gasteiger partial charge in [-0.25, -0.2) is 0 Å². The van der Waals surface area contributed by atoms with E-state index < -0.39 is 0 Å². The van der Waals surface area contributed by atoms with Gasteiger partial charge in [0.05, 0.1) is 0 Å². The van der Waals surface area contributed by atoms with Crippen LogP contribution in [0, 0.1) is 0 Å². The number of carbonyl (C=O) groups excluding carboxylic acids is 1. The maximum absolute atomic E-state index is 11.6. The minimum atomic E-state index is -0.171. The summed E-state index contributed by atoms with van der Waals surface area (Å²) in [5.41, 5.74) is 1.35. The summed E-state index contributed by atoms with van der Waals surface area (Å²) in [5, 5.41) is 11.9. The fourth-order valence-corrected chi connectivity index (χ4v) is 1.51. The average Bonchev–Trinajstić information content (AvgIpc) is 2.14. The Hall–Kier alpha value is -1.51. The summed E-state index contributed by atoms with van der Waals surface area (Å²) in [4.78, 5) is 11.6. The van der Waals surface area contributed by atoms with E-state index in [0.717, 1.165) is 5.56 Å². The van der Waals surface area contributed by atoms with Crippen LogP contribution in [0.3, 0.4) is 0 Å². The third-order valence-electron chi connectivity index (χ3n) is 2.28. The highest BCUT2D eigenvalue weighted by Crippen LogP contribution is 2.28. The zero-order chi connectivity index (χ0) is 11.6. The van der Waals surface area contributed by atoms with Crippen molar-refractivity contribution < 1.29 is 9.90 Å². The second-order valence-corrected chi connectivity index (χ2v) is 4.56. The molecule has 1 aromatic rings. The number of rotatable bonds is 1. The van der Waals surface area contributed by atoms with Crippen LogP contribution in [0.4, 0.5) is 0 Å². The zero-order valence-electron chi connectivity index (χ0n) is 9.59. The van der Waals surface area contributed by atoms with Crippen molar-refractivity contribution in [2.24, 2.45) is 0 Å². The maximum atomic E-state index is 11.6. The van der Waals surface area contributed by atoms with E-state index in [1.54, 1.807) is 19.2 Å². The highest BCUT2D eigenvalue weighted by molar-refractivity contribution is 5.96. The van der Waals surface area contributed by atoms with Gasteiger partial charge in [0.1, 0.15) is 5.75 Å². The summed E-state index contributed by atoms with van der Waals surface area (Å²) >= 11 is 0. The summed E-state index contributed by atoms with van der Waals surface area (Å²) < 4.78 is 0. The van der Waals surface area contributed by atoms with Gasteiger partial charge in [0.25, 0.3) is 5.91 Å². The summed E-state index contributed by atoms with van der Waals surface area (Å²) in [7, 11) is 1.58. The Labute approximate surface area is 90.1 Å². The Morgan fingerprint density at radius 2 is 1.93 bits per heavy atom. The molecule has 0 fully saturated rings. The van der Waals surface area contributed by atoms with Gasteiger partial charge in [0.15, 0.2) is 0 Å². The van der Waals surface area contributed by atoms with Gasteiger partial charge in [-0.3, -0.25) is 4.79 Å². The first kappa shape index (κ1) is 11.6. The van der Waals surface area contributed by atoms with Crippen LogP contribution in [0.5, 0.6) is 5.75 Å². The number of nitrogens with one attached hydrogen (secondary N) is 1. The van der Waals surface area contributed by atoms with Gasteiger partial charge >= 0.3 is 0 Å². The lowest BCUT2D eigenvalue weighted by molar-refractivity contribution is 0.0960. The molecule has 3 heteroatoms. The molecule has 0 heterocycles. The van der Waals surface area contributed by atoms with E-state index in [1.165, 1.54) is 6.07 Å². The summed E-state index contributed by atoms with van der Waals surface area (Å²) in [6.07, 6.45) is 0. The number of phenols is 1. The minimum absolute atomic E-state index is 0.113. The molecule has 0 bridgehead atoms. The van der Waals surface area contributed by atoms with Crippen molar-refractivity contribution in [3.05, 3.63) is 29.3 Å². The van der Waals surface area contributed by atoms with Crippen molar-refractivity contribution in [2.75, 3.05) is 7.05 Å². The third-order valence-corrected chi connectivity index (χ3v) is 2.28. The van der Waals surface area contributed by atoms with E-state index in [2.05, 4.69) is 5.32 Å². The van der Waals surface area contributed by atoms with Crippen LogP contribution in [-0.2, 0) is 5.41 Å². The first-order valence-electron chi connectivity index (χ1n) is 4.92. The molecule has 0 radical (unpaired) electrons. The SMILES string of the molecule is CNC(=O)c1cc(O)ccc1C(C)(C)C. The van der Waals surface area contributed by atoms with Crippen LogP contribution in [0.1, 0.15) is 36.7 Å². The Balaban J connectivity index is 3.33. The molecule has 3 nitrogen and oxygen atoms in total. The molecule has 2 N–H and O–H groups in total. The van der Waals surface area contributed by atoms with Crippen molar-refractivity contribution in [3.8, 4) is 5.75 Å². The predicted octanol–water partition coefficient (Wildman–Crippen LogP) is 2.05. The molecule has 0 saturated heterocycles. The number of aromatic hydroxyl groups is 1. The molecule has 0 aromatic heterocycles. The largest absolute Gasteiger partial charge is 0.508 e. The molecule has 0 saturated carbocycles. The number of hydrogen-bond acceptors (Lipinski definition) is 2. The average molecular weight is 207 g/mol. The third kappa shape index (κ3) is 2.49. The lowest BCUT2D eigenvalue weighted by Crippen LogP contribution is -2.23. The van der Waals surface area contributed by atoms with Gasteiger partial charge in [-0.1, -0.05) is 26.8 Å². The smallest absolute Gasteiger partial charge is 0.251 e. The molecule has 15 heavy (non-hydrogen) atoms. The van der Waals surface area contributed by atoms with Gasteiger partial charge in [0, 0.05) is 12.6 Å². The quantitative estimate of drug-likeness (QED) is 0.740. The van der Waals surface area contributed by atoms with E-state index in [1.807, 2.05) is 20.8 Å². The topological polar surface area (TPSA) is 49.3 Å². The van der Waals surface area contributed by atoms with E-state index in [-0.39, 0.29) is 17.1 Å². The number of hydrogen-bond donors (Lipinski definition) is 2. The fourth-order valence-electron chi connectivity index (χ4n) is 1.51. The molecule has 0 aliphatic rings. The van der Waals surface area contributed by atoms with E-state index in [9.17, 15) is 9.90 Å². The van der Waals surface area contributed by atoms with Crippen LogP contribution in [0.15, 0.2) is 18.2 Å². The highest BCUT2D eigenvalue weighted by atomic mass is 16.3. The predicted molar refractivity (Wildman–Crippen MR) is 60.2 cm³/mol. The van der Waals surface area contributed by atoms with Gasteiger partial charge in [-0.15, -0.1) is 0 Å². The summed E-state index contributed by atoms with van der Waals surface area (Å²) in [5.74, 6) is -0.0579. The van der Waals surface area contributed by atoms with Gasteiger partial charge < -0.3 is 10.4 Å². The van der Waals surface area contributed by atoms with Crippen LogP contribution in [0.2, 0.25) is 0 Å². The standard InChI is InChI=1S/C12H17NO2/c1-12(2,3)10-6-5-8(14)7-9(10)11(15)13-4/h5-7,14H,1-4H3,(H,13,15). The Kier molecular flexibility index (Phi) is 3.03. The fraction of sp³-hybridized carbons (Fsp3) is 0.417. The number of phenolic OH excluding ortho intramolecular Hbond substituents is 1. The first-order chi connectivity index (χ1) is 6.86. The monoisotopic (exact) mass is 207 g/mol. The van der Waals surface area contributed by atoms with Crippen molar-refractivity contribution in [1.82, 2.24) is 5.32 Å². The normalized spacial score (nSPS) is 11.2. The second-order valence-electron chi connectivity index (χ2n) is 4.56. The molecule has 0 aliphatic heterocycles. The molecule has 0 unspecified atom stereocenters. The molecule has 0 spiro atoms. The van der Waals surface area contributed by atoms with E-state index >= 15 is 0 Å². The molecule has 1 aromatic carbocycles. The van der Waals surface area contributed by atoms with Crippen LogP contribution in [0.25, 0.3) is 0 Å². The van der Waals surface area contributed by atoms with E-state index in [4.69, 9.17) is 0 Å². The maximum Gasteiger partial charge on any atom is 0.251 e. The molecule has 1 amide bonds. The minimum Gasteiger partial charge on any atom is -0.508 e. The van der Waals surface area contributed by atoms with Gasteiger partial charge in [0.2, 0.25) is 0 Å². The number of carbonyl (C=O) groups is 1. The Morgan fingerprint density at radius 1 is 1.33 bits per heavy atom. The number of benzene rings is 1. The summed E-state index contributed by atoms with van der Waals surface area (Å²) in [6.45, 7) is 6.10. The van der Waals surface area contributed by atoms with Gasteiger partial charge in [-0.05, 0) is 23.1 Å². The number of amides is 1. The molecular weight excluding hydrogens is 190 g/mol. The van der Waals surface area contributed by atoms with Crippen molar-refractivity contribution >= 4 is 5.91 Å². The Bertz CT molecular complexity index is 378. The lowest BCUT2D eigenvalue weighted by atomic mass is 9.83. The second kappa shape index (κ2) is 3.93. The summed E-state index contributed by atoms with van der Waals surface area (Å²) in [6, 6.07) is 4.90. The van der Waals surface area contributed by atoms with Crippen molar-refractivity contribution in [2.45, 2.75) is 26.2 Å². The zero-order valence-corrected chi connectivity index (χ0v) is 9.59. The lowest BCUT2D eigenvalue weighted by Gasteiger charge is -2.22. The first-order valence-corrected chi connectivity index (χ1v) is 4.92. The van der Waals surface area contributed by atoms with Crippen molar-refractivity contribution in [1.29, 1.82) is 0 Å². The molecule has 82 valence electrons. The molecule has 0 atom stereocenters. The van der Waals surface area contributed by atoms with Crippen molar-refractivity contribution in [3.63, 3.8) is 0 Å². The van der Waals surface area contributed by atoms with E-state index in [0.29, 0.717) is 5.56 Å². The molecule has 1 rings (SSSR count). The van der Waals surface area contributed by atoms with Crippen LogP contribution >= 0.6 is 0 Å². The highest BCUT2D eigenvalue weighted by Gasteiger charge is 2.21. The van der Waals surface area contributed by atoms with Crippen LogP contribution in [-0.4, -0.2) is 18.1 Å². The van der Waals surface area contributed by atoms with Crippen LogP contribution < -0.4 is 5.32 Å². The van der Waals surface area contributed by atoms with Gasteiger partial charge in [-0.2, -0.15) is 0 Å². The molecular formula is C12H17NO2. The Morgan fingerprint density at radius 3 is 2.40 bits per heavy atom. The molecule has 0 aliphatic carbocycles.